The van der Waals surface area contributed by atoms with E-state index in [2.05, 4.69) is 17.3 Å². The van der Waals surface area contributed by atoms with Crippen molar-refractivity contribution >= 4 is 11.6 Å². The number of hydrogen-bond donors (Lipinski definition) is 2. The second-order valence-corrected chi connectivity index (χ2v) is 4.68. The van der Waals surface area contributed by atoms with Crippen molar-refractivity contribution < 1.29 is 9.53 Å². The lowest BCUT2D eigenvalue weighted by atomic mass is 10.1. The number of rotatable bonds is 7. The zero-order valence-corrected chi connectivity index (χ0v) is 12.3. The molecule has 0 aliphatic heterocycles. The van der Waals surface area contributed by atoms with E-state index < -0.39 is 5.91 Å². The monoisotopic (exact) mass is 288 g/mol. The Bertz CT molecular complexity index is 622. The van der Waals surface area contributed by atoms with Gasteiger partial charge in [0.1, 0.15) is 5.75 Å². The molecule has 0 bridgehead atoms. The molecule has 112 valence electrons. The molecule has 0 atom stereocenters. The van der Waals surface area contributed by atoms with Gasteiger partial charge in [-0.15, -0.1) is 0 Å². The molecule has 3 N–H and O–H groups in total. The van der Waals surface area contributed by atoms with Gasteiger partial charge in [-0.2, -0.15) is 5.10 Å². The number of aryl methyl sites for hydroxylation is 1. The summed E-state index contributed by atoms with van der Waals surface area (Å²) in [6.07, 6.45) is 2.80. The zero-order valence-electron chi connectivity index (χ0n) is 12.3. The zero-order chi connectivity index (χ0) is 15.2. The number of primary amides is 1. The summed E-state index contributed by atoms with van der Waals surface area (Å²) in [6, 6.07) is 7.04. The highest BCUT2D eigenvalue weighted by Crippen LogP contribution is 2.25. The van der Waals surface area contributed by atoms with Gasteiger partial charge in [-0.25, -0.2) is 0 Å². The maximum atomic E-state index is 11.3. The average Bonchev–Trinajstić information content (AvgIpc) is 2.92. The van der Waals surface area contributed by atoms with Crippen LogP contribution in [-0.2, 0) is 13.1 Å². The molecule has 1 aromatic carbocycles. The fourth-order valence-corrected chi connectivity index (χ4v) is 2.11. The number of benzene rings is 1. The number of nitrogens with two attached hydrogens (primary N) is 1. The highest BCUT2D eigenvalue weighted by Gasteiger charge is 2.09. The summed E-state index contributed by atoms with van der Waals surface area (Å²) in [5.41, 5.74) is 7.56. The molecule has 0 saturated carbocycles. The van der Waals surface area contributed by atoms with Crippen LogP contribution < -0.4 is 15.8 Å². The van der Waals surface area contributed by atoms with Gasteiger partial charge in [0.05, 0.1) is 25.0 Å². The summed E-state index contributed by atoms with van der Waals surface area (Å²) in [5.74, 6) is 0.207. The fourth-order valence-electron chi connectivity index (χ4n) is 2.11. The highest BCUT2D eigenvalue weighted by molar-refractivity contribution is 5.94. The van der Waals surface area contributed by atoms with Crippen molar-refractivity contribution in [1.82, 2.24) is 9.78 Å². The van der Waals surface area contributed by atoms with E-state index in [1.165, 1.54) is 0 Å². The molecular formula is C15H20N4O2. The SMILES string of the molecule is CCCn1nccc1CNc1cc(C(N)=O)ccc1OC. The number of methoxy groups -OCH3 is 1. The molecule has 21 heavy (non-hydrogen) atoms. The van der Waals surface area contributed by atoms with Gasteiger partial charge in [0.15, 0.2) is 0 Å². The van der Waals surface area contributed by atoms with Crippen LogP contribution in [0.4, 0.5) is 5.69 Å². The maximum absolute atomic E-state index is 11.3. The number of nitrogens with zero attached hydrogens (tertiary/aromatic N) is 2. The quantitative estimate of drug-likeness (QED) is 0.816. The Labute approximate surface area is 123 Å². The third-order valence-corrected chi connectivity index (χ3v) is 3.18. The van der Waals surface area contributed by atoms with Crippen LogP contribution >= 0.6 is 0 Å². The van der Waals surface area contributed by atoms with Gasteiger partial charge in [-0.05, 0) is 30.7 Å². The highest BCUT2D eigenvalue weighted by atomic mass is 16.5. The molecule has 0 fully saturated rings. The molecule has 0 saturated heterocycles. The van der Waals surface area contributed by atoms with Gasteiger partial charge in [0.2, 0.25) is 5.91 Å². The van der Waals surface area contributed by atoms with Crippen molar-refractivity contribution in [2.45, 2.75) is 26.4 Å². The Morgan fingerprint density at radius 3 is 2.90 bits per heavy atom. The van der Waals surface area contributed by atoms with Crippen molar-refractivity contribution in [2.75, 3.05) is 12.4 Å². The standard InChI is InChI=1S/C15H20N4O2/c1-3-8-19-12(6-7-18-19)10-17-13-9-11(15(16)20)4-5-14(13)21-2/h4-7,9,17H,3,8,10H2,1-2H3,(H2,16,20). The molecule has 2 aromatic rings. The van der Waals surface area contributed by atoms with Crippen molar-refractivity contribution in [1.29, 1.82) is 0 Å². The van der Waals surface area contributed by atoms with Crippen molar-refractivity contribution in [3.8, 4) is 5.75 Å². The van der Waals surface area contributed by atoms with E-state index in [1.807, 2.05) is 10.7 Å². The number of anilines is 1. The molecule has 0 aliphatic carbocycles. The second-order valence-electron chi connectivity index (χ2n) is 4.68. The van der Waals surface area contributed by atoms with E-state index in [0.717, 1.165) is 24.3 Å². The lowest BCUT2D eigenvalue weighted by Crippen LogP contribution is -2.13. The molecule has 1 heterocycles. The first-order chi connectivity index (χ1) is 10.2. The van der Waals surface area contributed by atoms with Gasteiger partial charge in [-0.1, -0.05) is 6.92 Å². The molecule has 6 heteroatoms. The molecule has 1 aromatic heterocycles. The van der Waals surface area contributed by atoms with E-state index in [0.29, 0.717) is 17.9 Å². The van der Waals surface area contributed by atoms with Gasteiger partial charge in [-0.3, -0.25) is 9.48 Å². The third kappa shape index (κ3) is 3.53. The summed E-state index contributed by atoms with van der Waals surface area (Å²) in [5, 5.41) is 7.54. The number of hydrogen-bond acceptors (Lipinski definition) is 4. The molecule has 0 unspecified atom stereocenters. The van der Waals surface area contributed by atoms with E-state index in [9.17, 15) is 4.79 Å². The molecular weight excluding hydrogens is 268 g/mol. The first-order valence-corrected chi connectivity index (χ1v) is 6.88. The van der Waals surface area contributed by atoms with Gasteiger partial charge in [0, 0.05) is 18.3 Å². The van der Waals surface area contributed by atoms with Gasteiger partial charge >= 0.3 is 0 Å². The Hall–Kier alpha value is -2.50. The van der Waals surface area contributed by atoms with Crippen LogP contribution in [0.5, 0.6) is 5.75 Å². The van der Waals surface area contributed by atoms with Crippen molar-refractivity contribution in [3.05, 3.63) is 41.7 Å². The molecule has 1 amide bonds. The number of amides is 1. The van der Waals surface area contributed by atoms with E-state index in [4.69, 9.17) is 10.5 Å². The minimum Gasteiger partial charge on any atom is -0.495 e. The Morgan fingerprint density at radius 1 is 1.43 bits per heavy atom. The number of carbonyl (C=O) groups excluding carboxylic acids is 1. The summed E-state index contributed by atoms with van der Waals surface area (Å²) in [4.78, 5) is 11.3. The average molecular weight is 288 g/mol. The lowest BCUT2D eigenvalue weighted by molar-refractivity contribution is 0.100. The van der Waals surface area contributed by atoms with Crippen LogP contribution in [0.15, 0.2) is 30.5 Å². The molecule has 6 nitrogen and oxygen atoms in total. The van der Waals surface area contributed by atoms with Crippen LogP contribution in [-0.4, -0.2) is 22.8 Å². The summed E-state index contributed by atoms with van der Waals surface area (Å²) in [6.45, 7) is 3.58. The number of aromatic nitrogens is 2. The van der Waals surface area contributed by atoms with Crippen LogP contribution in [0.3, 0.4) is 0 Å². The van der Waals surface area contributed by atoms with Crippen LogP contribution in [0.2, 0.25) is 0 Å². The third-order valence-electron chi connectivity index (χ3n) is 3.18. The fraction of sp³-hybridized carbons (Fsp3) is 0.333. The maximum Gasteiger partial charge on any atom is 0.248 e. The molecule has 0 aliphatic rings. The van der Waals surface area contributed by atoms with Crippen molar-refractivity contribution in [3.63, 3.8) is 0 Å². The number of nitrogens with one attached hydrogen (secondary N) is 1. The molecule has 0 spiro atoms. The normalized spacial score (nSPS) is 10.4. The Kier molecular flexibility index (Phi) is 4.81. The minimum absolute atomic E-state index is 0.445. The van der Waals surface area contributed by atoms with Crippen LogP contribution in [0.25, 0.3) is 0 Å². The van der Waals surface area contributed by atoms with Gasteiger partial charge in [0.25, 0.3) is 0 Å². The van der Waals surface area contributed by atoms with E-state index in [-0.39, 0.29) is 0 Å². The first kappa shape index (κ1) is 14.9. The minimum atomic E-state index is -0.461. The molecule has 0 radical (unpaired) electrons. The summed E-state index contributed by atoms with van der Waals surface area (Å²) < 4.78 is 7.25. The largest absolute Gasteiger partial charge is 0.495 e. The van der Waals surface area contributed by atoms with Crippen molar-refractivity contribution in [2.24, 2.45) is 5.73 Å². The predicted molar refractivity (Wildman–Crippen MR) is 81.4 cm³/mol. The van der Waals surface area contributed by atoms with E-state index in [1.54, 1.807) is 31.5 Å². The Balaban J connectivity index is 2.16. The van der Waals surface area contributed by atoms with Crippen LogP contribution in [0.1, 0.15) is 29.4 Å². The summed E-state index contributed by atoms with van der Waals surface area (Å²) in [7, 11) is 1.59. The summed E-state index contributed by atoms with van der Waals surface area (Å²) >= 11 is 0. The van der Waals surface area contributed by atoms with Gasteiger partial charge < -0.3 is 15.8 Å². The Morgan fingerprint density at radius 2 is 2.24 bits per heavy atom. The number of ether oxygens (including phenoxy) is 1. The second kappa shape index (κ2) is 6.78. The molecule has 2 rings (SSSR count). The van der Waals surface area contributed by atoms with Crippen LogP contribution in [0, 0.1) is 0 Å². The van der Waals surface area contributed by atoms with E-state index >= 15 is 0 Å². The first-order valence-electron chi connectivity index (χ1n) is 6.88. The number of carbonyl (C=O) groups is 1. The topological polar surface area (TPSA) is 82.2 Å². The smallest absolute Gasteiger partial charge is 0.248 e. The predicted octanol–water partition coefficient (Wildman–Crippen LogP) is 2.01. The lowest BCUT2D eigenvalue weighted by Gasteiger charge is -2.13.